The Bertz CT molecular complexity index is 397. The third kappa shape index (κ3) is 6.76. The minimum atomic E-state index is 0.0309. The van der Waals surface area contributed by atoms with Gasteiger partial charge in [-0.05, 0) is 43.5 Å². The molecular weight excluding hydrogens is 264 g/mol. The summed E-state index contributed by atoms with van der Waals surface area (Å²) in [5.74, 6) is 1.39. The van der Waals surface area contributed by atoms with E-state index >= 15 is 0 Å². The molecule has 1 unspecified atom stereocenters. The Balaban J connectivity index is 2.35. The van der Waals surface area contributed by atoms with Crippen molar-refractivity contribution in [3.8, 4) is 5.75 Å². The van der Waals surface area contributed by atoms with Crippen LogP contribution in [-0.4, -0.2) is 25.6 Å². The Morgan fingerprint density at radius 1 is 1.14 bits per heavy atom. The number of benzene rings is 1. The highest BCUT2D eigenvalue weighted by atomic mass is 16.5. The second-order valence-electron chi connectivity index (χ2n) is 5.31. The van der Waals surface area contributed by atoms with Crippen LogP contribution in [0.4, 0.5) is 0 Å². The molecule has 0 radical (unpaired) electrons. The van der Waals surface area contributed by atoms with E-state index in [-0.39, 0.29) is 12.4 Å². The first-order chi connectivity index (χ1) is 10.2. The molecule has 3 heteroatoms. The molecule has 21 heavy (non-hydrogen) atoms. The van der Waals surface area contributed by atoms with Crippen LogP contribution in [0.3, 0.4) is 0 Å². The van der Waals surface area contributed by atoms with Crippen LogP contribution in [0.1, 0.15) is 56.8 Å². The third-order valence-corrected chi connectivity index (χ3v) is 3.62. The molecule has 1 aromatic rings. The van der Waals surface area contributed by atoms with E-state index in [2.05, 4.69) is 13.8 Å². The van der Waals surface area contributed by atoms with E-state index in [1.54, 1.807) is 12.1 Å². The first-order valence-corrected chi connectivity index (χ1v) is 8.05. The fourth-order valence-electron chi connectivity index (χ4n) is 2.20. The fourth-order valence-corrected chi connectivity index (χ4v) is 2.20. The average Bonchev–Trinajstić information content (AvgIpc) is 2.51. The lowest BCUT2D eigenvalue weighted by atomic mass is 10.0. The molecular formula is C18H28O3. The van der Waals surface area contributed by atoms with E-state index in [1.807, 2.05) is 19.1 Å². The minimum absolute atomic E-state index is 0.0309. The van der Waals surface area contributed by atoms with Gasteiger partial charge in [0, 0.05) is 12.2 Å². The first-order valence-electron chi connectivity index (χ1n) is 8.05. The predicted molar refractivity (Wildman–Crippen MR) is 86.1 cm³/mol. The number of hydrogen-bond acceptors (Lipinski definition) is 3. The molecule has 0 bridgehead atoms. The quantitative estimate of drug-likeness (QED) is 0.563. The van der Waals surface area contributed by atoms with Crippen molar-refractivity contribution in [2.75, 3.05) is 19.8 Å². The number of ether oxygens (including phenoxy) is 2. The monoisotopic (exact) mass is 292 g/mol. The molecule has 0 spiro atoms. The normalized spacial score (nSPS) is 12.1. The maximum atomic E-state index is 12.0. The summed E-state index contributed by atoms with van der Waals surface area (Å²) in [6.45, 7) is 7.79. The summed E-state index contributed by atoms with van der Waals surface area (Å²) in [5.41, 5.74) is 0.681. The van der Waals surface area contributed by atoms with Gasteiger partial charge < -0.3 is 9.47 Å². The number of carbonyl (C=O) groups is 1. The third-order valence-electron chi connectivity index (χ3n) is 3.62. The molecule has 0 aliphatic carbocycles. The lowest BCUT2D eigenvalue weighted by molar-refractivity contribution is 0.0658. The molecule has 3 nitrogen and oxygen atoms in total. The van der Waals surface area contributed by atoms with E-state index in [0.717, 1.165) is 12.2 Å². The largest absolute Gasteiger partial charge is 0.494 e. The molecule has 1 atom stereocenters. The van der Waals surface area contributed by atoms with E-state index in [0.29, 0.717) is 24.7 Å². The van der Waals surface area contributed by atoms with Crippen molar-refractivity contribution >= 4 is 5.78 Å². The lowest BCUT2D eigenvalue weighted by Crippen LogP contribution is -2.15. The standard InChI is InChI=1S/C18H28O3/c1-4-7-8-15(5-2)13-20-14-18(19)16-9-11-17(12-10-16)21-6-3/h9-12,15H,4-8,13-14H2,1-3H3. The SMILES string of the molecule is CCCCC(CC)COCC(=O)c1ccc(OCC)cc1. The van der Waals surface area contributed by atoms with Crippen LogP contribution in [0.25, 0.3) is 0 Å². The topological polar surface area (TPSA) is 35.5 Å². The van der Waals surface area contributed by atoms with E-state index in [1.165, 1.54) is 19.3 Å². The highest BCUT2D eigenvalue weighted by Gasteiger charge is 2.09. The van der Waals surface area contributed by atoms with Gasteiger partial charge >= 0.3 is 0 Å². The zero-order valence-electron chi connectivity index (χ0n) is 13.6. The van der Waals surface area contributed by atoms with Gasteiger partial charge in [-0.15, -0.1) is 0 Å². The summed E-state index contributed by atoms with van der Waals surface area (Å²) < 4.78 is 11.0. The molecule has 0 N–H and O–H groups in total. The predicted octanol–water partition coefficient (Wildman–Crippen LogP) is 4.50. The van der Waals surface area contributed by atoms with E-state index in [9.17, 15) is 4.79 Å². The summed E-state index contributed by atoms with van der Waals surface area (Å²) in [6.07, 6.45) is 4.73. The summed E-state index contributed by atoms with van der Waals surface area (Å²) in [6, 6.07) is 7.25. The average molecular weight is 292 g/mol. The van der Waals surface area contributed by atoms with Gasteiger partial charge in [0.1, 0.15) is 12.4 Å². The Morgan fingerprint density at radius 3 is 2.43 bits per heavy atom. The molecule has 0 fully saturated rings. The Hall–Kier alpha value is -1.35. The van der Waals surface area contributed by atoms with Gasteiger partial charge in [0.15, 0.2) is 5.78 Å². The van der Waals surface area contributed by atoms with Gasteiger partial charge in [0.25, 0.3) is 0 Å². The molecule has 118 valence electrons. The van der Waals surface area contributed by atoms with Gasteiger partial charge in [0.2, 0.25) is 0 Å². The molecule has 0 aliphatic rings. The van der Waals surface area contributed by atoms with Crippen molar-refractivity contribution in [1.29, 1.82) is 0 Å². The maximum Gasteiger partial charge on any atom is 0.188 e. The Kier molecular flexibility index (Phi) is 8.76. The molecule has 1 aromatic carbocycles. The number of carbonyl (C=O) groups excluding carboxylic acids is 1. The number of Topliss-reactive ketones (excluding diaryl/α,β-unsaturated/α-hetero) is 1. The van der Waals surface area contributed by atoms with Crippen molar-refractivity contribution in [2.24, 2.45) is 5.92 Å². The molecule has 0 amide bonds. The highest BCUT2D eigenvalue weighted by Crippen LogP contribution is 2.14. The number of unbranched alkanes of at least 4 members (excludes halogenated alkanes) is 1. The summed E-state index contributed by atoms with van der Waals surface area (Å²) in [7, 11) is 0. The Morgan fingerprint density at radius 2 is 1.86 bits per heavy atom. The van der Waals surface area contributed by atoms with Crippen LogP contribution in [0.5, 0.6) is 5.75 Å². The fraction of sp³-hybridized carbons (Fsp3) is 0.611. The van der Waals surface area contributed by atoms with Crippen LogP contribution >= 0.6 is 0 Å². The molecule has 0 heterocycles. The molecule has 0 aliphatic heterocycles. The van der Waals surface area contributed by atoms with E-state index in [4.69, 9.17) is 9.47 Å². The van der Waals surface area contributed by atoms with Gasteiger partial charge in [-0.25, -0.2) is 0 Å². The first kappa shape index (κ1) is 17.7. The zero-order chi connectivity index (χ0) is 15.5. The van der Waals surface area contributed by atoms with Crippen molar-refractivity contribution < 1.29 is 14.3 Å². The second kappa shape index (κ2) is 10.4. The van der Waals surface area contributed by atoms with Gasteiger partial charge in [0.05, 0.1) is 6.61 Å². The smallest absolute Gasteiger partial charge is 0.188 e. The molecule has 0 saturated carbocycles. The van der Waals surface area contributed by atoms with Gasteiger partial charge in [-0.3, -0.25) is 4.79 Å². The molecule has 0 saturated heterocycles. The number of ketones is 1. The van der Waals surface area contributed by atoms with Gasteiger partial charge in [-0.1, -0.05) is 33.1 Å². The number of rotatable bonds is 11. The van der Waals surface area contributed by atoms with Crippen molar-refractivity contribution in [2.45, 2.75) is 46.5 Å². The minimum Gasteiger partial charge on any atom is -0.494 e. The van der Waals surface area contributed by atoms with E-state index < -0.39 is 0 Å². The second-order valence-corrected chi connectivity index (χ2v) is 5.31. The van der Waals surface area contributed by atoms with Crippen molar-refractivity contribution in [1.82, 2.24) is 0 Å². The van der Waals surface area contributed by atoms with Crippen LogP contribution in [0, 0.1) is 5.92 Å². The summed E-state index contributed by atoms with van der Waals surface area (Å²) >= 11 is 0. The highest BCUT2D eigenvalue weighted by molar-refractivity contribution is 5.97. The zero-order valence-corrected chi connectivity index (χ0v) is 13.6. The van der Waals surface area contributed by atoms with Crippen LogP contribution in [-0.2, 0) is 4.74 Å². The summed E-state index contributed by atoms with van der Waals surface area (Å²) in [4.78, 5) is 12.0. The molecule has 1 rings (SSSR count). The summed E-state index contributed by atoms with van der Waals surface area (Å²) in [5, 5.41) is 0. The Labute approximate surface area is 128 Å². The van der Waals surface area contributed by atoms with Crippen LogP contribution in [0.2, 0.25) is 0 Å². The lowest BCUT2D eigenvalue weighted by Gasteiger charge is -2.14. The molecule has 0 aromatic heterocycles. The van der Waals surface area contributed by atoms with Gasteiger partial charge in [-0.2, -0.15) is 0 Å². The number of hydrogen-bond donors (Lipinski definition) is 0. The maximum absolute atomic E-state index is 12.0. The van der Waals surface area contributed by atoms with Crippen LogP contribution < -0.4 is 4.74 Å². The van der Waals surface area contributed by atoms with Crippen LogP contribution in [0.15, 0.2) is 24.3 Å². The van der Waals surface area contributed by atoms with Crippen molar-refractivity contribution in [3.63, 3.8) is 0 Å². The van der Waals surface area contributed by atoms with Crippen molar-refractivity contribution in [3.05, 3.63) is 29.8 Å².